The van der Waals surface area contributed by atoms with Crippen LogP contribution in [-0.4, -0.2) is 31.4 Å². The molecule has 0 saturated heterocycles. The highest BCUT2D eigenvalue weighted by Gasteiger charge is 2.31. The average molecular weight is 315 g/mol. The lowest BCUT2D eigenvalue weighted by Gasteiger charge is -2.22. The molecule has 1 aromatic carbocycles. The van der Waals surface area contributed by atoms with E-state index < -0.39 is 19.7 Å². The van der Waals surface area contributed by atoms with Crippen molar-refractivity contribution >= 4 is 13.6 Å². The fourth-order valence-electron chi connectivity index (χ4n) is 1.59. The number of ether oxygens (including phenoxy) is 1. The number of rotatable bonds is 9. The number of para-hydroxylation sites is 1. The Labute approximate surface area is 125 Å². The zero-order valence-electron chi connectivity index (χ0n) is 12.4. The average Bonchev–Trinajstić information content (AvgIpc) is 2.46. The maximum atomic E-state index is 12.8. The van der Waals surface area contributed by atoms with Crippen LogP contribution in [0.4, 0.5) is 0 Å². The molecule has 0 radical (unpaired) electrons. The summed E-state index contributed by atoms with van der Waals surface area (Å²) in [5, 5.41) is 0. The van der Waals surface area contributed by atoms with Gasteiger partial charge in [-0.05, 0) is 38.9 Å². The Bertz CT molecular complexity index is 480. The van der Waals surface area contributed by atoms with Crippen molar-refractivity contribution in [1.29, 1.82) is 0 Å². The predicted molar refractivity (Wildman–Crippen MR) is 80.4 cm³/mol. The van der Waals surface area contributed by atoms with Crippen molar-refractivity contribution in [2.45, 2.75) is 26.4 Å². The number of carbonyl (C=O) groups is 1. The van der Waals surface area contributed by atoms with Crippen LogP contribution >= 0.6 is 7.60 Å². The molecule has 2 atom stereocenters. The van der Waals surface area contributed by atoms with Gasteiger partial charge in [0.25, 0.3) is 0 Å². The van der Waals surface area contributed by atoms with E-state index in [-0.39, 0.29) is 12.8 Å². The largest absolute Gasteiger partial charge is 0.464 e. The van der Waals surface area contributed by atoms with E-state index >= 15 is 0 Å². The molecule has 1 aromatic rings. The van der Waals surface area contributed by atoms with Gasteiger partial charge in [-0.15, -0.1) is 0 Å². The standard InChI is InChI=1S/C14H22NO5P/c1-3-18-14(16)12(2)19-21(17,11-7-10-15)20-13-8-5-4-6-9-13/h4-6,8-9,12H,3,7,10-11,15H2,1-2H3/t12-,21?/m0/s1. The second-order valence-corrected chi connectivity index (χ2v) is 6.44. The SMILES string of the molecule is CCOC(=O)[C@H](C)OP(=O)(CCCN)Oc1ccccc1. The Hall–Kier alpha value is -1.36. The first-order valence-electron chi connectivity index (χ1n) is 6.89. The van der Waals surface area contributed by atoms with Gasteiger partial charge >= 0.3 is 13.6 Å². The molecule has 0 fully saturated rings. The normalized spacial score (nSPS) is 15.0. The van der Waals surface area contributed by atoms with Crippen LogP contribution < -0.4 is 10.3 Å². The molecule has 0 aliphatic carbocycles. The fraction of sp³-hybridized carbons (Fsp3) is 0.500. The van der Waals surface area contributed by atoms with Crippen molar-refractivity contribution in [2.75, 3.05) is 19.3 Å². The molecule has 0 aliphatic rings. The molecule has 0 bridgehead atoms. The second-order valence-electron chi connectivity index (χ2n) is 4.38. The summed E-state index contributed by atoms with van der Waals surface area (Å²) in [6.45, 7) is 3.78. The van der Waals surface area contributed by atoms with E-state index in [9.17, 15) is 9.36 Å². The van der Waals surface area contributed by atoms with Crippen LogP contribution in [0.3, 0.4) is 0 Å². The van der Waals surface area contributed by atoms with Gasteiger partial charge in [0.2, 0.25) is 0 Å². The van der Waals surface area contributed by atoms with E-state index in [2.05, 4.69) is 0 Å². The van der Waals surface area contributed by atoms with Gasteiger partial charge in [0.15, 0.2) is 6.10 Å². The Morgan fingerprint density at radius 2 is 2.00 bits per heavy atom. The Kier molecular flexibility index (Phi) is 7.43. The molecule has 0 spiro atoms. The molecule has 0 aromatic heterocycles. The van der Waals surface area contributed by atoms with Gasteiger partial charge in [0.05, 0.1) is 12.8 Å². The van der Waals surface area contributed by atoms with Gasteiger partial charge < -0.3 is 15.0 Å². The van der Waals surface area contributed by atoms with E-state index in [4.69, 9.17) is 19.5 Å². The minimum Gasteiger partial charge on any atom is -0.464 e. The zero-order chi connectivity index (χ0) is 15.7. The maximum Gasteiger partial charge on any atom is 0.380 e. The fourth-order valence-corrected chi connectivity index (χ4v) is 3.41. The Morgan fingerprint density at radius 3 is 2.57 bits per heavy atom. The lowest BCUT2D eigenvalue weighted by molar-refractivity contribution is -0.150. The van der Waals surface area contributed by atoms with Gasteiger partial charge in [-0.25, -0.2) is 9.36 Å². The lowest BCUT2D eigenvalue weighted by atomic mass is 10.3. The van der Waals surface area contributed by atoms with Gasteiger partial charge in [-0.3, -0.25) is 4.52 Å². The molecule has 0 saturated carbocycles. The maximum absolute atomic E-state index is 12.8. The van der Waals surface area contributed by atoms with Gasteiger partial charge in [-0.2, -0.15) is 0 Å². The molecule has 6 nitrogen and oxygen atoms in total. The quantitative estimate of drug-likeness (QED) is 0.556. The monoisotopic (exact) mass is 315 g/mol. The molecule has 21 heavy (non-hydrogen) atoms. The summed E-state index contributed by atoms with van der Waals surface area (Å²) < 4.78 is 28.4. The molecule has 0 heterocycles. The zero-order valence-corrected chi connectivity index (χ0v) is 13.3. The first-order chi connectivity index (χ1) is 10.0. The number of hydrogen-bond donors (Lipinski definition) is 1. The summed E-state index contributed by atoms with van der Waals surface area (Å²) in [4.78, 5) is 11.6. The van der Waals surface area contributed by atoms with Crippen LogP contribution in [0.5, 0.6) is 5.75 Å². The molecular weight excluding hydrogens is 293 g/mol. The lowest BCUT2D eigenvalue weighted by Crippen LogP contribution is -2.24. The van der Waals surface area contributed by atoms with Crippen molar-refractivity contribution in [3.63, 3.8) is 0 Å². The number of hydrogen-bond acceptors (Lipinski definition) is 6. The molecule has 7 heteroatoms. The smallest absolute Gasteiger partial charge is 0.380 e. The topological polar surface area (TPSA) is 87.9 Å². The summed E-state index contributed by atoms with van der Waals surface area (Å²) >= 11 is 0. The van der Waals surface area contributed by atoms with Gasteiger partial charge in [0, 0.05) is 0 Å². The van der Waals surface area contributed by atoms with Crippen LogP contribution in [-0.2, 0) is 18.6 Å². The van der Waals surface area contributed by atoms with Crippen molar-refractivity contribution in [3.8, 4) is 5.75 Å². The summed E-state index contributed by atoms with van der Waals surface area (Å²) in [6, 6.07) is 8.69. The van der Waals surface area contributed by atoms with Crippen molar-refractivity contribution in [3.05, 3.63) is 30.3 Å². The summed E-state index contributed by atoms with van der Waals surface area (Å²) in [7, 11) is -3.47. The number of carbonyl (C=O) groups excluding carboxylic acids is 1. The minimum absolute atomic E-state index is 0.141. The highest BCUT2D eigenvalue weighted by molar-refractivity contribution is 7.54. The number of nitrogens with two attached hydrogens (primary N) is 1. The van der Waals surface area contributed by atoms with Crippen LogP contribution in [0.25, 0.3) is 0 Å². The van der Waals surface area contributed by atoms with E-state index in [1.165, 1.54) is 6.92 Å². The molecule has 2 N–H and O–H groups in total. The Balaban J connectivity index is 2.78. The first kappa shape index (κ1) is 17.7. The van der Waals surface area contributed by atoms with Crippen molar-refractivity contribution in [2.24, 2.45) is 5.73 Å². The minimum atomic E-state index is -3.47. The number of esters is 1. The van der Waals surface area contributed by atoms with Crippen LogP contribution in [0.1, 0.15) is 20.3 Å². The van der Waals surface area contributed by atoms with Crippen LogP contribution in [0.15, 0.2) is 30.3 Å². The third kappa shape index (κ3) is 6.29. The van der Waals surface area contributed by atoms with Crippen LogP contribution in [0, 0.1) is 0 Å². The molecule has 118 valence electrons. The van der Waals surface area contributed by atoms with E-state index in [0.717, 1.165) is 0 Å². The molecule has 0 aliphatic heterocycles. The first-order valence-corrected chi connectivity index (χ1v) is 8.62. The van der Waals surface area contributed by atoms with Gasteiger partial charge in [-0.1, -0.05) is 18.2 Å². The molecule has 0 amide bonds. The summed E-state index contributed by atoms with van der Waals surface area (Å²) in [5.74, 6) is -0.143. The Morgan fingerprint density at radius 1 is 1.33 bits per heavy atom. The summed E-state index contributed by atoms with van der Waals surface area (Å²) in [5.41, 5.74) is 5.44. The predicted octanol–water partition coefficient (Wildman–Crippen LogP) is 2.58. The molecule has 1 rings (SSSR count). The second kappa shape index (κ2) is 8.82. The summed E-state index contributed by atoms with van der Waals surface area (Å²) in [6.07, 6.45) is -0.348. The van der Waals surface area contributed by atoms with Crippen LogP contribution in [0.2, 0.25) is 0 Å². The third-order valence-corrected chi connectivity index (χ3v) is 4.55. The van der Waals surface area contributed by atoms with E-state index in [0.29, 0.717) is 18.7 Å². The van der Waals surface area contributed by atoms with Crippen molar-refractivity contribution in [1.82, 2.24) is 0 Å². The van der Waals surface area contributed by atoms with E-state index in [1.54, 1.807) is 31.2 Å². The van der Waals surface area contributed by atoms with Crippen molar-refractivity contribution < 1.29 is 23.1 Å². The van der Waals surface area contributed by atoms with E-state index in [1.807, 2.05) is 6.07 Å². The highest BCUT2D eigenvalue weighted by atomic mass is 31.2. The number of benzene rings is 1. The molecular formula is C14H22NO5P. The molecule has 1 unspecified atom stereocenters. The van der Waals surface area contributed by atoms with Gasteiger partial charge in [0.1, 0.15) is 5.75 Å². The highest BCUT2D eigenvalue weighted by Crippen LogP contribution is 2.49. The third-order valence-electron chi connectivity index (χ3n) is 2.56.